The molecule has 0 saturated carbocycles. The fourth-order valence-electron chi connectivity index (χ4n) is 5.72. The van der Waals surface area contributed by atoms with Gasteiger partial charge in [0.15, 0.2) is 0 Å². The molecule has 5 rings (SSSR count). The topological polar surface area (TPSA) is 48.0 Å². The first-order valence-corrected chi connectivity index (χ1v) is 16.2. The van der Waals surface area contributed by atoms with E-state index in [1.54, 1.807) is 0 Å². The standard InChI is InChI=1S/C33H42BNO4Si/c1-31(2,3)40(28-14-10-8-11-15-28,29-16-12-9-13-17-29)37-27-23-35(24-27)30(36)22-25-18-20-26(21-19-25)34-38-32(4,5)33(6,7)39-34/h8-21,27H,22-24H2,1-7H3. The molecule has 0 aromatic heterocycles. The lowest BCUT2D eigenvalue weighted by Crippen LogP contribution is -2.71. The number of rotatable bonds is 7. The van der Waals surface area contributed by atoms with E-state index in [4.69, 9.17) is 13.7 Å². The van der Waals surface area contributed by atoms with Gasteiger partial charge in [0.25, 0.3) is 8.32 Å². The molecule has 1 amide bonds. The molecule has 7 heteroatoms. The van der Waals surface area contributed by atoms with Crippen LogP contribution >= 0.6 is 0 Å². The van der Waals surface area contributed by atoms with E-state index in [2.05, 4.69) is 109 Å². The van der Waals surface area contributed by atoms with Gasteiger partial charge in [-0.2, -0.15) is 0 Å². The fraction of sp³-hybridized carbons (Fsp3) is 0.424. The molecule has 0 spiro atoms. The van der Waals surface area contributed by atoms with Crippen LogP contribution in [0.3, 0.4) is 0 Å². The molecule has 2 saturated heterocycles. The van der Waals surface area contributed by atoms with E-state index < -0.39 is 15.4 Å². The Morgan fingerprint density at radius 3 is 1.77 bits per heavy atom. The first-order chi connectivity index (χ1) is 18.8. The van der Waals surface area contributed by atoms with Crippen LogP contribution in [-0.2, 0) is 25.0 Å². The second kappa shape index (κ2) is 10.6. The van der Waals surface area contributed by atoms with E-state index in [1.807, 2.05) is 29.2 Å². The van der Waals surface area contributed by atoms with Gasteiger partial charge in [-0.05, 0) is 54.1 Å². The lowest BCUT2D eigenvalue weighted by molar-refractivity contribution is -0.139. The van der Waals surface area contributed by atoms with E-state index >= 15 is 0 Å². The summed E-state index contributed by atoms with van der Waals surface area (Å²) in [5.41, 5.74) is 1.20. The van der Waals surface area contributed by atoms with Crippen molar-refractivity contribution >= 4 is 37.2 Å². The SMILES string of the molecule is CC1(C)OB(c2ccc(CC(=O)N3CC(O[Si](c4ccccc4)(c4ccccc4)C(C)(C)C)C3)cc2)OC1(C)C. The predicted molar refractivity (Wildman–Crippen MR) is 165 cm³/mol. The van der Waals surface area contributed by atoms with Gasteiger partial charge in [0.05, 0.1) is 23.7 Å². The Balaban J connectivity index is 1.25. The Hall–Kier alpha value is -2.71. The van der Waals surface area contributed by atoms with Crippen molar-refractivity contribution in [3.05, 3.63) is 90.5 Å². The van der Waals surface area contributed by atoms with E-state index in [9.17, 15) is 4.79 Å². The van der Waals surface area contributed by atoms with Gasteiger partial charge >= 0.3 is 7.12 Å². The molecule has 2 heterocycles. The molecule has 40 heavy (non-hydrogen) atoms. The Morgan fingerprint density at radius 2 is 1.32 bits per heavy atom. The summed E-state index contributed by atoms with van der Waals surface area (Å²) in [5, 5.41) is 2.44. The zero-order chi connectivity index (χ0) is 28.8. The highest BCUT2D eigenvalue weighted by Crippen LogP contribution is 2.39. The minimum atomic E-state index is -2.62. The van der Waals surface area contributed by atoms with Gasteiger partial charge < -0.3 is 18.6 Å². The van der Waals surface area contributed by atoms with Gasteiger partial charge in [0.2, 0.25) is 5.91 Å². The lowest BCUT2D eigenvalue weighted by Gasteiger charge is -2.49. The van der Waals surface area contributed by atoms with Crippen LogP contribution in [0.5, 0.6) is 0 Å². The third-order valence-corrected chi connectivity index (χ3v) is 13.9. The van der Waals surface area contributed by atoms with Gasteiger partial charge in [-0.25, -0.2) is 0 Å². The van der Waals surface area contributed by atoms with Gasteiger partial charge in [0.1, 0.15) is 0 Å². The zero-order valence-corrected chi connectivity index (χ0v) is 25.9. The van der Waals surface area contributed by atoms with Crippen LogP contribution in [-0.4, -0.2) is 56.6 Å². The molecular weight excluding hydrogens is 513 g/mol. The summed E-state index contributed by atoms with van der Waals surface area (Å²) in [7, 11) is -3.02. The molecule has 2 fully saturated rings. The number of amides is 1. The van der Waals surface area contributed by atoms with Gasteiger partial charge in [-0.1, -0.05) is 106 Å². The maximum Gasteiger partial charge on any atom is 0.494 e. The monoisotopic (exact) mass is 555 g/mol. The van der Waals surface area contributed by atoms with Gasteiger partial charge in [-0.15, -0.1) is 0 Å². The van der Waals surface area contributed by atoms with Crippen molar-refractivity contribution in [1.29, 1.82) is 0 Å². The van der Waals surface area contributed by atoms with Crippen LogP contribution in [0, 0.1) is 0 Å². The third-order valence-electron chi connectivity index (χ3n) is 8.82. The number of benzene rings is 3. The van der Waals surface area contributed by atoms with Crippen molar-refractivity contribution in [2.75, 3.05) is 13.1 Å². The highest BCUT2D eigenvalue weighted by molar-refractivity contribution is 6.99. The summed E-state index contributed by atoms with van der Waals surface area (Å²) < 4.78 is 19.5. The van der Waals surface area contributed by atoms with E-state index in [0.717, 1.165) is 11.0 Å². The van der Waals surface area contributed by atoms with Crippen LogP contribution in [0.1, 0.15) is 54.0 Å². The molecular formula is C33H42BNO4Si. The Labute approximate surface area is 241 Å². The highest BCUT2D eigenvalue weighted by atomic mass is 28.4. The Morgan fingerprint density at radius 1 is 0.850 bits per heavy atom. The summed E-state index contributed by atoms with van der Waals surface area (Å²) in [5.74, 6) is 0.130. The van der Waals surface area contributed by atoms with Gasteiger partial charge in [0, 0.05) is 13.1 Å². The Bertz CT molecular complexity index is 1260. The summed E-state index contributed by atoms with van der Waals surface area (Å²) >= 11 is 0. The normalized spacial score (nSPS) is 19.0. The fourth-order valence-corrected chi connectivity index (χ4v) is 10.4. The molecule has 5 nitrogen and oxygen atoms in total. The van der Waals surface area contributed by atoms with Crippen molar-refractivity contribution in [2.24, 2.45) is 0 Å². The van der Waals surface area contributed by atoms with E-state index in [-0.39, 0.29) is 28.3 Å². The molecule has 0 radical (unpaired) electrons. The summed E-state index contributed by atoms with van der Waals surface area (Å²) in [6, 6.07) is 29.4. The molecule has 0 unspecified atom stereocenters. The Kier molecular flexibility index (Phi) is 7.64. The third kappa shape index (κ3) is 5.32. The first kappa shape index (κ1) is 28.8. The summed E-state index contributed by atoms with van der Waals surface area (Å²) in [6.07, 6.45) is 0.385. The van der Waals surface area contributed by atoms with Crippen molar-refractivity contribution in [3.8, 4) is 0 Å². The van der Waals surface area contributed by atoms with Gasteiger partial charge in [-0.3, -0.25) is 4.79 Å². The van der Waals surface area contributed by atoms with Crippen molar-refractivity contribution in [1.82, 2.24) is 4.90 Å². The van der Waals surface area contributed by atoms with Crippen molar-refractivity contribution in [3.63, 3.8) is 0 Å². The zero-order valence-electron chi connectivity index (χ0n) is 24.9. The number of hydrogen-bond donors (Lipinski definition) is 0. The smallest absolute Gasteiger partial charge is 0.401 e. The average Bonchev–Trinajstić information content (AvgIpc) is 3.10. The first-order valence-electron chi connectivity index (χ1n) is 14.3. The molecule has 210 valence electrons. The van der Waals surface area contributed by atoms with Crippen LogP contribution < -0.4 is 15.8 Å². The number of likely N-dealkylation sites (tertiary alicyclic amines) is 1. The van der Waals surface area contributed by atoms with Crippen molar-refractivity contribution in [2.45, 2.75) is 77.2 Å². The molecule has 3 aromatic carbocycles. The maximum atomic E-state index is 13.2. The second-order valence-electron chi connectivity index (χ2n) is 13.2. The molecule has 2 aliphatic heterocycles. The second-order valence-corrected chi connectivity index (χ2v) is 17.5. The van der Waals surface area contributed by atoms with Crippen LogP contribution in [0.4, 0.5) is 0 Å². The van der Waals surface area contributed by atoms with E-state index in [0.29, 0.717) is 19.5 Å². The quantitative estimate of drug-likeness (QED) is 0.408. The largest absolute Gasteiger partial charge is 0.494 e. The molecule has 0 aliphatic carbocycles. The molecule has 2 aliphatic rings. The number of hydrogen-bond acceptors (Lipinski definition) is 4. The predicted octanol–water partition coefficient (Wildman–Crippen LogP) is 4.32. The summed E-state index contributed by atoms with van der Waals surface area (Å²) in [6.45, 7) is 16.3. The van der Waals surface area contributed by atoms with Crippen LogP contribution in [0.15, 0.2) is 84.9 Å². The van der Waals surface area contributed by atoms with E-state index in [1.165, 1.54) is 10.4 Å². The van der Waals surface area contributed by atoms with Crippen molar-refractivity contribution < 1.29 is 18.5 Å². The minimum Gasteiger partial charge on any atom is -0.401 e. The number of carbonyl (C=O) groups is 1. The van der Waals surface area contributed by atoms with Crippen LogP contribution in [0.2, 0.25) is 5.04 Å². The molecule has 0 bridgehead atoms. The number of carbonyl (C=O) groups excluding carboxylic acids is 1. The van der Waals surface area contributed by atoms with Crippen LogP contribution in [0.25, 0.3) is 0 Å². The maximum absolute atomic E-state index is 13.2. The molecule has 0 N–H and O–H groups in total. The minimum absolute atomic E-state index is 0.0148. The summed E-state index contributed by atoms with van der Waals surface area (Å²) in [4.78, 5) is 15.1. The number of nitrogens with zero attached hydrogens (tertiary/aromatic N) is 1. The molecule has 3 aromatic rings. The lowest BCUT2D eigenvalue weighted by atomic mass is 9.79. The molecule has 0 atom stereocenters. The average molecular weight is 556 g/mol. The highest BCUT2D eigenvalue weighted by Gasteiger charge is 2.53.